The molecule has 0 atom stereocenters. The van der Waals surface area contributed by atoms with Crippen molar-refractivity contribution >= 4 is 40.9 Å². The molecule has 1 N–H and O–H groups in total. The van der Waals surface area contributed by atoms with Crippen LogP contribution in [0.3, 0.4) is 0 Å². The van der Waals surface area contributed by atoms with Crippen LogP contribution in [0.2, 0.25) is 0 Å². The molecule has 1 fully saturated rings. The number of aromatic nitrogens is 1. The molecular weight excluding hydrogens is 374 g/mol. The van der Waals surface area contributed by atoms with E-state index in [0.717, 1.165) is 5.69 Å². The van der Waals surface area contributed by atoms with Crippen molar-refractivity contribution in [2.24, 2.45) is 0 Å². The third-order valence-electron chi connectivity index (χ3n) is 4.30. The highest BCUT2D eigenvalue weighted by atomic mass is 32.1. The summed E-state index contributed by atoms with van der Waals surface area (Å²) in [7, 11) is 0. The highest BCUT2D eigenvalue weighted by Gasteiger charge is 2.34. The SMILES string of the molecule is CCOc1ccc(N2C(=O)/C(=C/c3cccn3C(C)(C)C)C(=O)NC2=S)cc1. The molecule has 2 amide bonds. The Hall–Kier alpha value is -2.93. The third-order valence-corrected chi connectivity index (χ3v) is 4.59. The molecule has 0 spiro atoms. The lowest BCUT2D eigenvalue weighted by Gasteiger charge is -2.29. The molecule has 2 heterocycles. The fourth-order valence-electron chi connectivity index (χ4n) is 3.02. The second-order valence-corrected chi connectivity index (χ2v) is 7.75. The molecule has 1 saturated heterocycles. The molecule has 1 aromatic heterocycles. The number of rotatable bonds is 4. The Balaban J connectivity index is 1.98. The van der Waals surface area contributed by atoms with Crippen LogP contribution in [0.1, 0.15) is 33.4 Å². The largest absolute Gasteiger partial charge is 0.494 e. The Morgan fingerprint density at radius 1 is 1.14 bits per heavy atom. The first kappa shape index (κ1) is 19.8. The molecule has 0 saturated carbocycles. The Morgan fingerprint density at radius 3 is 2.43 bits per heavy atom. The molecule has 3 rings (SSSR count). The van der Waals surface area contributed by atoms with Gasteiger partial charge in [-0.1, -0.05) is 0 Å². The van der Waals surface area contributed by atoms with Crippen molar-refractivity contribution in [1.82, 2.24) is 9.88 Å². The van der Waals surface area contributed by atoms with Gasteiger partial charge in [0.2, 0.25) is 0 Å². The lowest BCUT2D eigenvalue weighted by molar-refractivity contribution is -0.122. The van der Waals surface area contributed by atoms with Crippen LogP contribution in [-0.2, 0) is 15.1 Å². The smallest absolute Gasteiger partial charge is 0.270 e. The van der Waals surface area contributed by atoms with Gasteiger partial charge in [-0.3, -0.25) is 19.8 Å². The minimum atomic E-state index is -0.501. The van der Waals surface area contributed by atoms with E-state index in [9.17, 15) is 9.59 Å². The van der Waals surface area contributed by atoms with Crippen LogP contribution in [0.25, 0.3) is 6.08 Å². The van der Waals surface area contributed by atoms with Crippen LogP contribution in [0.15, 0.2) is 48.2 Å². The molecule has 2 aromatic rings. The standard InChI is InChI=1S/C21H23N3O3S/c1-5-27-16-10-8-14(9-11-16)24-19(26)17(18(25)22-20(24)28)13-15-7-6-12-23(15)21(2,3)4/h6-13H,5H2,1-4H3,(H,22,25,28)/b17-13+. The van der Waals surface area contributed by atoms with Crippen molar-refractivity contribution < 1.29 is 14.3 Å². The summed E-state index contributed by atoms with van der Waals surface area (Å²) >= 11 is 5.24. The van der Waals surface area contributed by atoms with Crippen molar-refractivity contribution in [3.05, 3.63) is 53.9 Å². The summed E-state index contributed by atoms with van der Waals surface area (Å²) in [4.78, 5) is 26.9. The van der Waals surface area contributed by atoms with E-state index in [1.165, 1.54) is 4.90 Å². The average molecular weight is 398 g/mol. The summed E-state index contributed by atoms with van der Waals surface area (Å²) in [5.74, 6) is -0.261. The van der Waals surface area contributed by atoms with E-state index in [1.54, 1.807) is 30.3 Å². The predicted octanol–water partition coefficient (Wildman–Crippen LogP) is 3.47. The Labute approximate surface area is 169 Å². The van der Waals surface area contributed by atoms with Gasteiger partial charge in [-0.25, -0.2) is 0 Å². The minimum absolute atomic E-state index is 0.0340. The number of hydrogen-bond acceptors (Lipinski definition) is 4. The normalized spacial score (nSPS) is 16.5. The average Bonchev–Trinajstić information content (AvgIpc) is 3.09. The van der Waals surface area contributed by atoms with Gasteiger partial charge in [0.1, 0.15) is 11.3 Å². The molecule has 146 valence electrons. The molecule has 1 aliphatic heterocycles. The minimum Gasteiger partial charge on any atom is -0.494 e. The van der Waals surface area contributed by atoms with E-state index < -0.39 is 11.8 Å². The van der Waals surface area contributed by atoms with Gasteiger partial charge in [0.15, 0.2) is 5.11 Å². The summed E-state index contributed by atoms with van der Waals surface area (Å²) in [6, 6.07) is 10.8. The molecule has 0 unspecified atom stereocenters. The summed E-state index contributed by atoms with van der Waals surface area (Å²) < 4.78 is 7.44. The fraction of sp³-hybridized carbons (Fsp3) is 0.286. The Morgan fingerprint density at radius 2 is 1.82 bits per heavy atom. The summed E-state index contributed by atoms with van der Waals surface area (Å²) in [5, 5.41) is 2.67. The third kappa shape index (κ3) is 3.84. The van der Waals surface area contributed by atoms with Crippen LogP contribution in [0, 0.1) is 0 Å². The molecule has 0 bridgehead atoms. The van der Waals surface area contributed by atoms with E-state index >= 15 is 0 Å². The number of anilines is 1. The Kier molecular flexibility index (Phi) is 5.38. The van der Waals surface area contributed by atoms with Crippen LogP contribution in [0.4, 0.5) is 5.69 Å². The van der Waals surface area contributed by atoms with E-state index in [-0.39, 0.29) is 16.2 Å². The van der Waals surface area contributed by atoms with Crippen molar-refractivity contribution in [1.29, 1.82) is 0 Å². The van der Waals surface area contributed by atoms with Gasteiger partial charge in [0.05, 0.1) is 12.3 Å². The number of ether oxygens (including phenoxy) is 1. The molecule has 1 aromatic carbocycles. The van der Waals surface area contributed by atoms with E-state index in [0.29, 0.717) is 18.0 Å². The van der Waals surface area contributed by atoms with Gasteiger partial charge in [-0.05, 0) is 82.4 Å². The molecule has 1 aliphatic rings. The van der Waals surface area contributed by atoms with E-state index in [2.05, 4.69) is 26.1 Å². The monoisotopic (exact) mass is 397 g/mol. The zero-order valence-corrected chi connectivity index (χ0v) is 17.2. The summed E-state index contributed by atoms with van der Waals surface area (Å²) in [6.45, 7) is 8.62. The number of benzene rings is 1. The van der Waals surface area contributed by atoms with Gasteiger partial charge in [0.25, 0.3) is 11.8 Å². The van der Waals surface area contributed by atoms with Gasteiger partial charge >= 0.3 is 0 Å². The summed E-state index contributed by atoms with van der Waals surface area (Å²) in [6.07, 6.45) is 3.53. The maximum Gasteiger partial charge on any atom is 0.270 e. The number of carbonyl (C=O) groups excluding carboxylic acids is 2. The molecule has 28 heavy (non-hydrogen) atoms. The number of thiocarbonyl (C=S) groups is 1. The predicted molar refractivity (Wildman–Crippen MR) is 113 cm³/mol. The lowest BCUT2D eigenvalue weighted by Crippen LogP contribution is -2.54. The topological polar surface area (TPSA) is 63.6 Å². The number of carbonyl (C=O) groups is 2. The number of nitrogens with zero attached hydrogens (tertiary/aromatic N) is 2. The van der Waals surface area contributed by atoms with Crippen molar-refractivity contribution in [3.63, 3.8) is 0 Å². The first-order valence-electron chi connectivity index (χ1n) is 9.04. The molecule has 7 heteroatoms. The maximum atomic E-state index is 13.1. The molecule has 0 aliphatic carbocycles. The Bertz CT molecular complexity index is 952. The fourth-order valence-corrected chi connectivity index (χ4v) is 3.30. The van der Waals surface area contributed by atoms with Crippen molar-refractivity contribution in [2.75, 3.05) is 11.5 Å². The highest BCUT2D eigenvalue weighted by molar-refractivity contribution is 7.80. The van der Waals surface area contributed by atoms with Crippen molar-refractivity contribution in [2.45, 2.75) is 33.2 Å². The number of amides is 2. The molecule has 0 radical (unpaired) electrons. The van der Waals surface area contributed by atoms with Gasteiger partial charge in [0, 0.05) is 17.4 Å². The second kappa shape index (κ2) is 7.59. The molecule has 6 nitrogen and oxygen atoms in total. The summed E-state index contributed by atoms with van der Waals surface area (Å²) in [5.41, 5.74) is 1.18. The molecular formula is C21H23N3O3S. The maximum absolute atomic E-state index is 13.1. The van der Waals surface area contributed by atoms with Gasteiger partial charge < -0.3 is 9.30 Å². The van der Waals surface area contributed by atoms with Crippen LogP contribution < -0.4 is 15.0 Å². The second-order valence-electron chi connectivity index (χ2n) is 7.36. The zero-order chi connectivity index (χ0) is 20.5. The zero-order valence-electron chi connectivity index (χ0n) is 16.4. The number of nitrogens with one attached hydrogen (secondary N) is 1. The van der Waals surface area contributed by atoms with Gasteiger partial charge in [-0.15, -0.1) is 0 Å². The first-order valence-corrected chi connectivity index (χ1v) is 9.45. The van der Waals surface area contributed by atoms with Crippen LogP contribution in [-0.4, -0.2) is 28.1 Å². The quantitative estimate of drug-likeness (QED) is 0.487. The number of hydrogen-bond donors (Lipinski definition) is 1. The van der Waals surface area contributed by atoms with Crippen LogP contribution in [0.5, 0.6) is 5.75 Å². The van der Waals surface area contributed by atoms with Gasteiger partial charge in [-0.2, -0.15) is 0 Å². The van der Waals surface area contributed by atoms with Crippen molar-refractivity contribution in [3.8, 4) is 5.75 Å². The van der Waals surface area contributed by atoms with E-state index in [1.807, 2.05) is 29.8 Å². The first-order chi connectivity index (χ1) is 13.2. The van der Waals surface area contributed by atoms with Crippen LogP contribution >= 0.6 is 12.2 Å². The van der Waals surface area contributed by atoms with E-state index in [4.69, 9.17) is 17.0 Å². The highest BCUT2D eigenvalue weighted by Crippen LogP contribution is 2.26. The lowest BCUT2D eigenvalue weighted by atomic mass is 10.1.